The van der Waals surface area contributed by atoms with Gasteiger partial charge in [0.15, 0.2) is 5.78 Å². The van der Waals surface area contributed by atoms with Crippen molar-refractivity contribution in [1.29, 1.82) is 0 Å². The van der Waals surface area contributed by atoms with Crippen LogP contribution in [0.25, 0.3) is 33.0 Å². The topological polar surface area (TPSA) is 37.3 Å². The van der Waals surface area contributed by atoms with Crippen molar-refractivity contribution in [3.63, 3.8) is 0 Å². The minimum atomic E-state index is -0.125. The predicted molar refractivity (Wildman–Crippen MR) is 134 cm³/mol. The van der Waals surface area contributed by atoms with E-state index in [-0.39, 0.29) is 31.6 Å². The van der Waals surface area contributed by atoms with Crippen LogP contribution in [0.5, 0.6) is 0 Å². The van der Waals surface area contributed by atoms with Crippen LogP contribution in [0.1, 0.15) is 30.5 Å². The molecule has 3 heteroatoms. The fourth-order valence-electron chi connectivity index (χ4n) is 3.47. The number of ketones is 1. The number of fused-ring (bicyclic) bond motifs is 1. The normalized spacial score (nSPS) is 10.8. The third-order valence-electron chi connectivity index (χ3n) is 5.06. The van der Waals surface area contributed by atoms with Crippen LogP contribution in [-0.4, -0.2) is 10.9 Å². The van der Waals surface area contributed by atoms with E-state index in [1.165, 1.54) is 53.1 Å². The second-order valence-electron chi connectivity index (χ2n) is 8.19. The van der Waals surface area contributed by atoms with Crippen molar-refractivity contribution in [3.8, 4) is 22.3 Å². The molecule has 0 saturated heterocycles. The molecular weight excluding hydrogens is 585 g/mol. The van der Waals surface area contributed by atoms with Crippen LogP contribution in [-0.2, 0) is 24.9 Å². The summed E-state index contributed by atoms with van der Waals surface area (Å²) in [6.45, 7) is 9.20. The summed E-state index contributed by atoms with van der Waals surface area (Å²) < 4.78 is 0. The van der Waals surface area contributed by atoms with Crippen molar-refractivity contribution in [2.75, 3.05) is 0 Å². The van der Waals surface area contributed by atoms with E-state index in [4.69, 9.17) is 5.11 Å². The summed E-state index contributed by atoms with van der Waals surface area (Å²) in [6, 6.07) is 30.8. The number of benzene rings is 4. The molecule has 4 aromatic carbocycles. The number of rotatable bonds is 3. The molecule has 0 bridgehead atoms. The Kier molecular flexibility index (Phi) is 9.34. The van der Waals surface area contributed by atoms with Gasteiger partial charge < -0.3 is 5.11 Å². The van der Waals surface area contributed by atoms with Gasteiger partial charge in [-0.1, -0.05) is 65.4 Å². The Morgan fingerprint density at radius 1 is 0.818 bits per heavy atom. The molecule has 4 aromatic rings. The smallest absolute Gasteiger partial charge is 0.155 e. The van der Waals surface area contributed by atoms with Crippen LogP contribution >= 0.6 is 0 Å². The van der Waals surface area contributed by atoms with Crippen LogP contribution in [0.2, 0.25) is 0 Å². The van der Waals surface area contributed by atoms with Gasteiger partial charge in [-0.25, -0.2) is 5.56 Å². The number of carbonyl (C=O) groups is 1. The van der Waals surface area contributed by atoms with Crippen molar-refractivity contribution in [2.24, 2.45) is 0 Å². The Bertz CT molecular complexity index is 1260. The molecule has 2 nitrogen and oxygen atoms in total. The van der Waals surface area contributed by atoms with Crippen LogP contribution in [0.15, 0.2) is 78.6 Å². The molecule has 33 heavy (non-hydrogen) atoms. The first-order valence-electron chi connectivity index (χ1n) is 10.6. The van der Waals surface area contributed by atoms with Crippen molar-refractivity contribution in [3.05, 3.63) is 107 Å². The van der Waals surface area contributed by atoms with E-state index >= 15 is 0 Å². The standard InChI is InChI=1S/C25H20.C5H8O2.Ir/c1-17-4-9-20(10-5-17)23-15-22-13-8-19(3)14-24(22)25(16-23)21-11-6-18(2)7-12-21;1-4(6)3-5(2)7;/h4-9,11-14,16H,1-3H3;3,6H,1-2H3;/q-2;;/b;4-3-;. The van der Waals surface area contributed by atoms with Gasteiger partial charge in [-0.2, -0.15) is 35.9 Å². The van der Waals surface area contributed by atoms with E-state index in [9.17, 15) is 4.79 Å². The third-order valence-corrected chi connectivity index (χ3v) is 5.06. The zero-order valence-electron chi connectivity index (χ0n) is 19.6. The molecule has 0 heterocycles. The van der Waals surface area contributed by atoms with E-state index in [1.54, 1.807) is 0 Å². The first kappa shape index (κ1) is 26.3. The average molecular weight is 613 g/mol. The van der Waals surface area contributed by atoms with Gasteiger partial charge in [-0.05, 0) is 33.3 Å². The molecule has 0 atom stereocenters. The third kappa shape index (κ3) is 7.25. The Labute approximate surface area is 210 Å². The summed E-state index contributed by atoms with van der Waals surface area (Å²) in [5, 5.41) is 10.8. The van der Waals surface area contributed by atoms with E-state index in [2.05, 4.69) is 93.6 Å². The van der Waals surface area contributed by atoms with E-state index in [0.29, 0.717) is 0 Å². The van der Waals surface area contributed by atoms with Gasteiger partial charge in [-0.15, -0.1) is 23.1 Å². The Morgan fingerprint density at radius 3 is 2.00 bits per heavy atom. The predicted octanol–water partition coefficient (Wildman–Crippen LogP) is 7.73. The van der Waals surface area contributed by atoms with Crippen molar-refractivity contribution < 1.29 is 30.0 Å². The van der Waals surface area contributed by atoms with Crippen LogP contribution in [0.3, 0.4) is 0 Å². The number of hydrogen-bond acceptors (Lipinski definition) is 2. The zero-order chi connectivity index (χ0) is 23.3. The first-order valence-corrected chi connectivity index (χ1v) is 10.6. The van der Waals surface area contributed by atoms with E-state index in [0.717, 1.165) is 16.5 Å². The van der Waals surface area contributed by atoms with Crippen LogP contribution < -0.4 is 0 Å². The molecule has 0 aliphatic rings. The van der Waals surface area contributed by atoms with Gasteiger partial charge in [0.25, 0.3) is 0 Å². The molecule has 0 aliphatic heterocycles. The number of carbonyl (C=O) groups excluding carboxylic acids is 1. The van der Waals surface area contributed by atoms with Crippen molar-refractivity contribution in [1.82, 2.24) is 0 Å². The summed E-state index contributed by atoms with van der Waals surface area (Å²) in [6.07, 6.45) is 1.17. The van der Waals surface area contributed by atoms with E-state index in [1.807, 2.05) is 6.07 Å². The summed E-state index contributed by atoms with van der Waals surface area (Å²) >= 11 is 0. The molecule has 0 aromatic heterocycles. The quantitative estimate of drug-likeness (QED) is 0.146. The summed E-state index contributed by atoms with van der Waals surface area (Å²) in [5.74, 6) is -0.0625. The second kappa shape index (κ2) is 11.7. The fourth-order valence-corrected chi connectivity index (χ4v) is 3.47. The molecule has 0 fully saturated rings. The van der Waals surface area contributed by atoms with E-state index < -0.39 is 0 Å². The maximum atomic E-state index is 10.0. The van der Waals surface area contributed by atoms with Gasteiger partial charge in [0, 0.05) is 26.2 Å². The average Bonchev–Trinajstić information content (AvgIpc) is 2.74. The molecule has 0 spiro atoms. The monoisotopic (exact) mass is 613 g/mol. The number of hydrogen-bond donors (Lipinski definition) is 1. The zero-order valence-corrected chi connectivity index (χ0v) is 22.0. The molecule has 1 radical (unpaired) electrons. The Hall–Kier alpha value is -3.00. The molecule has 0 unspecified atom stereocenters. The molecule has 1 N–H and O–H groups in total. The van der Waals surface area contributed by atoms with Crippen LogP contribution in [0.4, 0.5) is 0 Å². The Balaban J connectivity index is 0.000000423. The van der Waals surface area contributed by atoms with Crippen molar-refractivity contribution in [2.45, 2.75) is 34.6 Å². The summed E-state index contributed by atoms with van der Waals surface area (Å²) in [5.41, 5.74) is 8.43. The second-order valence-corrected chi connectivity index (χ2v) is 8.19. The van der Waals surface area contributed by atoms with Gasteiger partial charge >= 0.3 is 0 Å². The maximum absolute atomic E-state index is 10.0. The maximum Gasteiger partial charge on any atom is 0.155 e. The summed E-state index contributed by atoms with van der Waals surface area (Å²) in [7, 11) is 0. The van der Waals surface area contributed by atoms with Gasteiger partial charge in [-0.3, -0.25) is 4.79 Å². The van der Waals surface area contributed by atoms with Gasteiger partial charge in [0.1, 0.15) is 0 Å². The largest absolute Gasteiger partial charge is 0.512 e. The summed E-state index contributed by atoms with van der Waals surface area (Å²) in [4.78, 5) is 10.0. The molecule has 0 saturated carbocycles. The molecule has 4 rings (SSSR count). The molecule has 0 aliphatic carbocycles. The number of aliphatic hydroxyl groups is 1. The van der Waals surface area contributed by atoms with Crippen molar-refractivity contribution >= 4 is 16.6 Å². The number of aryl methyl sites for hydroxylation is 3. The minimum absolute atomic E-state index is 0. The van der Waals surface area contributed by atoms with Gasteiger partial charge in [0.05, 0.1) is 5.76 Å². The SMILES string of the molecule is CC(=O)/C=C(/C)O.Cc1c[c-]c(-c2[c-]c3ccc(C)cc3c(-c3ccc(C)cc3)c2)cc1.[Ir]. The minimum Gasteiger partial charge on any atom is -0.512 e. The molecule has 171 valence electrons. The molecular formula is C30H28IrO2-2. The van der Waals surface area contributed by atoms with Crippen LogP contribution in [0, 0.1) is 32.9 Å². The molecule has 0 amide bonds. The number of allylic oxidation sites excluding steroid dienone is 2. The first-order chi connectivity index (χ1) is 15.2. The Morgan fingerprint density at radius 2 is 1.45 bits per heavy atom. The number of aliphatic hydroxyl groups excluding tert-OH is 1. The fraction of sp³-hybridized carbons (Fsp3) is 0.167. The van der Waals surface area contributed by atoms with Gasteiger partial charge in [0.2, 0.25) is 0 Å².